The second-order valence-electron chi connectivity index (χ2n) is 6.64. The lowest BCUT2D eigenvalue weighted by atomic mass is 10.1. The highest BCUT2D eigenvalue weighted by atomic mass is 32.2. The third kappa shape index (κ3) is 4.32. The zero-order valence-electron chi connectivity index (χ0n) is 15.4. The van der Waals surface area contributed by atoms with E-state index in [4.69, 9.17) is 4.98 Å². The summed E-state index contributed by atoms with van der Waals surface area (Å²) in [5.74, 6) is 0.917. The van der Waals surface area contributed by atoms with Crippen molar-refractivity contribution in [2.75, 3.05) is 0 Å². The average molecular weight is 371 g/mol. The van der Waals surface area contributed by atoms with Crippen molar-refractivity contribution in [1.82, 2.24) is 9.55 Å². The van der Waals surface area contributed by atoms with Gasteiger partial charge in [-0.2, -0.15) is 0 Å². The molecule has 0 amide bonds. The SMILES string of the molecule is Cc1ccc(-c2cnc(SCc3ccccc3)n2Cc2ccccc2)cc1. The third-order valence-corrected chi connectivity index (χ3v) is 5.62. The number of thioether (sulfide) groups is 1. The van der Waals surface area contributed by atoms with E-state index >= 15 is 0 Å². The van der Waals surface area contributed by atoms with Crippen LogP contribution in [0.1, 0.15) is 16.7 Å². The van der Waals surface area contributed by atoms with Crippen LogP contribution < -0.4 is 0 Å². The van der Waals surface area contributed by atoms with Crippen LogP contribution in [-0.2, 0) is 12.3 Å². The summed E-state index contributed by atoms with van der Waals surface area (Å²) in [4.78, 5) is 4.75. The highest BCUT2D eigenvalue weighted by molar-refractivity contribution is 7.98. The first-order chi connectivity index (χ1) is 13.3. The summed E-state index contributed by atoms with van der Waals surface area (Å²) in [6, 6.07) is 29.8. The van der Waals surface area contributed by atoms with Crippen LogP contribution in [0.3, 0.4) is 0 Å². The average Bonchev–Trinajstić information content (AvgIpc) is 3.11. The highest BCUT2D eigenvalue weighted by Gasteiger charge is 2.13. The molecular formula is C24H22N2S. The largest absolute Gasteiger partial charge is 0.314 e. The third-order valence-electron chi connectivity index (χ3n) is 4.56. The molecule has 0 unspecified atom stereocenters. The summed E-state index contributed by atoms with van der Waals surface area (Å²) in [5.41, 5.74) is 6.23. The Morgan fingerprint density at radius 3 is 2.07 bits per heavy atom. The Morgan fingerprint density at radius 2 is 1.41 bits per heavy atom. The molecule has 0 aliphatic heterocycles. The van der Waals surface area contributed by atoms with E-state index in [1.807, 2.05) is 6.20 Å². The van der Waals surface area contributed by atoms with E-state index in [0.29, 0.717) is 0 Å². The molecule has 0 aliphatic rings. The number of aromatic nitrogens is 2. The van der Waals surface area contributed by atoms with E-state index in [9.17, 15) is 0 Å². The van der Waals surface area contributed by atoms with Gasteiger partial charge in [0.15, 0.2) is 5.16 Å². The van der Waals surface area contributed by atoms with Crippen LogP contribution in [0.2, 0.25) is 0 Å². The smallest absolute Gasteiger partial charge is 0.169 e. The molecule has 0 radical (unpaired) electrons. The van der Waals surface area contributed by atoms with E-state index in [-0.39, 0.29) is 0 Å². The zero-order valence-corrected chi connectivity index (χ0v) is 16.2. The lowest BCUT2D eigenvalue weighted by Gasteiger charge is -2.12. The van der Waals surface area contributed by atoms with Crippen molar-refractivity contribution >= 4 is 11.8 Å². The van der Waals surface area contributed by atoms with Crippen molar-refractivity contribution in [1.29, 1.82) is 0 Å². The van der Waals surface area contributed by atoms with Gasteiger partial charge in [-0.25, -0.2) is 4.98 Å². The lowest BCUT2D eigenvalue weighted by molar-refractivity contribution is 0.715. The van der Waals surface area contributed by atoms with Crippen molar-refractivity contribution in [2.24, 2.45) is 0 Å². The number of hydrogen-bond donors (Lipinski definition) is 0. The first kappa shape index (κ1) is 17.6. The van der Waals surface area contributed by atoms with Crippen LogP contribution in [0.25, 0.3) is 11.3 Å². The molecule has 0 bridgehead atoms. The fourth-order valence-electron chi connectivity index (χ4n) is 3.07. The van der Waals surface area contributed by atoms with Crippen molar-refractivity contribution < 1.29 is 0 Å². The Balaban J connectivity index is 1.66. The number of rotatable bonds is 6. The maximum Gasteiger partial charge on any atom is 0.169 e. The predicted molar refractivity (Wildman–Crippen MR) is 114 cm³/mol. The summed E-state index contributed by atoms with van der Waals surface area (Å²) in [7, 11) is 0. The Hall–Kier alpha value is -2.78. The summed E-state index contributed by atoms with van der Waals surface area (Å²) in [5, 5.41) is 1.05. The van der Waals surface area contributed by atoms with Gasteiger partial charge in [-0.05, 0) is 23.6 Å². The monoisotopic (exact) mass is 370 g/mol. The van der Waals surface area contributed by atoms with E-state index in [1.54, 1.807) is 11.8 Å². The number of benzene rings is 3. The van der Waals surface area contributed by atoms with Crippen LogP contribution >= 0.6 is 11.8 Å². The van der Waals surface area contributed by atoms with Crippen molar-refractivity contribution in [3.05, 3.63) is 108 Å². The molecule has 0 fully saturated rings. The molecule has 0 saturated carbocycles. The highest BCUT2D eigenvalue weighted by Crippen LogP contribution is 2.29. The molecular weight excluding hydrogens is 348 g/mol. The van der Waals surface area contributed by atoms with Gasteiger partial charge in [-0.1, -0.05) is 102 Å². The molecule has 0 saturated heterocycles. The van der Waals surface area contributed by atoms with Crippen LogP contribution in [-0.4, -0.2) is 9.55 Å². The van der Waals surface area contributed by atoms with E-state index in [2.05, 4.69) is 96.4 Å². The number of aryl methyl sites for hydroxylation is 1. The number of imidazole rings is 1. The van der Waals surface area contributed by atoms with Gasteiger partial charge in [0.05, 0.1) is 18.4 Å². The molecule has 3 aromatic carbocycles. The van der Waals surface area contributed by atoms with Gasteiger partial charge in [0.25, 0.3) is 0 Å². The minimum absolute atomic E-state index is 0.821. The predicted octanol–water partition coefficient (Wildman–Crippen LogP) is 6.20. The Morgan fingerprint density at radius 1 is 0.778 bits per heavy atom. The molecule has 1 aromatic heterocycles. The molecule has 0 atom stereocenters. The van der Waals surface area contributed by atoms with Gasteiger partial charge in [0.1, 0.15) is 0 Å². The van der Waals surface area contributed by atoms with Gasteiger partial charge in [-0.3, -0.25) is 0 Å². The van der Waals surface area contributed by atoms with Crippen molar-refractivity contribution in [3.8, 4) is 11.3 Å². The van der Waals surface area contributed by atoms with Crippen LogP contribution in [0.15, 0.2) is 96.3 Å². The zero-order chi connectivity index (χ0) is 18.5. The van der Waals surface area contributed by atoms with Gasteiger partial charge >= 0.3 is 0 Å². The van der Waals surface area contributed by atoms with Crippen molar-refractivity contribution in [3.63, 3.8) is 0 Å². The minimum Gasteiger partial charge on any atom is -0.314 e. The maximum atomic E-state index is 4.75. The summed E-state index contributed by atoms with van der Waals surface area (Å²) in [6.45, 7) is 2.94. The van der Waals surface area contributed by atoms with E-state index in [0.717, 1.165) is 23.1 Å². The topological polar surface area (TPSA) is 17.8 Å². The molecule has 27 heavy (non-hydrogen) atoms. The molecule has 0 N–H and O–H groups in total. The van der Waals surface area contributed by atoms with Crippen molar-refractivity contribution in [2.45, 2.75) is 24.4 Å². The Labute approximate surface area is 164 Å². The Kier molecular flexibility index (Phi) is 5.40. The standard InChI is InChI=1S/C24H22N2S/c1-19-12-14-22(15-13-19)23-16-25-24(27-18-21-10-6-3-7-11-21)26(23)17-20-8-4-2-5-9-20/h2-16H,17-18H2,1H3. The van der Waals surface area contributed by atoms with Gasteiger partial charge in [0, 0.05) is 5.75 Å². The van der Waals surface area contributed by atoms with E-state index in [1.165, 1.54) is 22.3 Å². The van der Waals surface area contributed by atoms with Gasteiger partial charge in [0.2, 0.25) is 0 Å². The number of nitrogens with zero attached hydrogens (tertiary/aromatic N) is 2. The molecule has 2 nitrogen and oxygen atoms in total. The summed E-state index contributed by atoms with van der Waals surface area (Å²) >= 11 is 1.79. The minimum atomic E-state index is 0.821. The second-order valence-corrected chi connectivity index (χ2v) is 7.58. The van der Waals surface area contributed by atoms with Gasteiger partial charge < -0.3 is 4.57 Å². The molecule has 134 valence electrons. The molecule has 0 spiro atoms. The van der Waals surface area contributed by atoms with Gasteiger partial charge in [-0.15, -0.1) is 0 Å². The molecule has 4 aromatic rings. The van der Waals surface area contributed by atoms with Crippen LogP contribution in [0, 0.1) is 6.92 Å². The molecule has 0 aliphatic carbocycles. The molecule has 3 heteroatoms. The quantitative estimate of drug-likeness (QED) is 0.376. The number of hydrogen-bond acceptors (Lipinski definition) is 2. The van der Waals surface area contributed by atoms with E-state index < -0.39 is 0 Å². The lowest BCUT2D eigenvalue weighted by Crippen LogP contribution is -2.03. The molecule has 4 rings (SSSR count). The van der Waals surface area contributed by atoms with Crippen LogP contribution in [0.5, 0.6) is 0 Å². The second kappa shape index (κ2) is 8.28. The van der Waals surface area contributed by atoms with Crippen LogP contribution in [0.4, 0.5) is 0 Å². The first-order valence-corrected chi connectivity index (χ1v) is 10.1. The Bertz CT molecular complexity index is 990. The normalized spacial score (nSPS) is 10.9. The fourth-order valence-corrected chi connectivity index (χ4v) is 4.00. The summed E-state index contributed by atoms with van der Waals surface area (Å²) in [6.07, 6.45) is 2.00. The maximum absolute atomic E-state index is 4.75. The first-order valence-electron chi connectivity index (χ1n) is 9.13. The molecule has 1 heterocycles. The summed E-state index contributed by atoms with van der Waals surface area (Å²) < 4.78 is 2.33. The fraction of sp³-hybridized carbons (Fsp3) is 0.125.